The second kappa shape index (κ2) is 12.1. The van der Waals surface area contributed by atoms with Crippen LogP contribution in [0.4, 0.5) is 9.52 Å². The third kappa shape index (κ3) is 6.69. The number of hydrogen-bond donors (Lipinski definition) is 2. The molecular formula is C27H25Cl2FN2O4S. The third-order valence-corrected chi connectivity index (χ3v) is 7.59. The van der Waals surface area contributed by atoms with Crippen molar-refractivity contribution in [3.63, 3.8) is 0 Å². The smallest absolute Gasteiger partial charge is 0.331 e. The number of anilines is 1. The Morgan fingerprint density at radius 2 is 1.92 bits per heavy atom. The van der Waals surface area contributed by atoms with Gasteiger partial charge in [-0.1, -0.05) is 48.5 Å². The van der Waals surface area contributed by atoms with E-state index in [1.54, 1.807) is 23.6 Å². The largest absolute Gasteiger partial charge is 0.490 e. The van der Waals surface area contributed by atoms with E-state index in [0.29, 0.717) is 23.8 Å². The fourth-order valence-electron chi connectivity index (χ4n) is 4.14. The molecule has 0 bridgehead atoms. The first kappa shape index (κ1) is 27.1. The summed E-state index contributed by atoms with van der Waals surface area (Å²) in [7, 11) is 0. The van der Waals surface area contributed by atoms with Crippen molar-refractivity contribution in [1.82, 2.24) is 4.98 Å². The number of carboxylic acid groups (broad SMARTS) is 1. The van der Waals surface area contributed by atoms with Gasteiger partial charge < -0.3 is 9.84 Å². The number of rotatable bonds is 8. The molecule has 2 N–H and O–H groups in total. The first-order valence-corrected chi connectivity index (χ1v) is 13.5. The number of nitrogens with one attached hydrogen (secondary N) is 1. The van der Waals surface area contributed by atoms with Gasteiger partial charge in [0.2, 0.25) is 0 Å². The fourth-order valence-corrected chi connectivity index (χ4v) is 5.44. The first-order chi connectivity index (χ1) is 17.7. The molecule has 6 nitrogen and oxygen atoms in total. The van der Waals surface area contributed by atoms with Crippen molar-refractivity contribution in [1.29, 1.82) is 0 Å². The normalized spacial score (nSPS) is 14.4. The summed E-state index contributed by atoms with van der Waals surface area (Å²) >= 11 is 13.7. The van der Waals surface area contributed by atoms with Gasteiger partial charge in [0.1, 0.15) is 0 Å². The number of carbonyl (C=O) groups excluding carboxylic acids is 1. The molecule has 0 unspecified atom stereocenters. The minimum Gasteiger partial charge on any atom is -0.490 e. The maximum absolute atomic E-state index is 15.2. The summed E-state index contributed by atoms with van der Waals surface area (Å²) in [5, 5.41) is 13.9. The SMILES string of the molecule is C/C(=C\c1c(Cl)cc(C(=O)Nc2nc(-c3cccc(OCC4CCCCC4)c3F)cs2)cc1Cl)C(=O)O. The van der Waals surface area contributed by atoms with E-state index in [9.17, 15) is 9.59 Å². The Morgan fingerprint density at radius 1 is 1.22 bits per heavy atom. The zero-order valence-electron chi connectivity index (χ0n) is 20.0. The highest BCUT2D eigenvalue weighted by atomic mass is 35.5. The summed E-state index contributed by atoms with van der Waals surface area (Å²) in [6.07, 6.45) is 7.17. The molecule has 37 heavy (non-hydrogen) atoms. The molecule has 0 spiro atoms. The van der Waals surface area contributed by atoms with Crippen molar-refractivity contribution in [3.8, 4) is 17.0 Å². The van der Waals surface area contributed by atoms with Crippen molar-refractivity contribution in [2.45, 2.75) is 39.0 Å². The van der Waals surface area contributed by atoms with Gasteiger partial charge >= 0.3 is 5.97 Å². The molecule has 0 aliphatic heterocycles. The van der Waals surface area contributed by atoms with Crippen molar-refractivity contribution < 1.29 is 23.8 Å². The second-order valence-corrected chi connectivity index (χ2v) is 10.6. The Morgan fingerprint density at radius 3 is 2.59 bits per heavy atom. The van der Waals surface area contributed by atoms with Crippen molar-refractivity contribution in [3.05, 3.63) is 68.3 Å². The Hall–Kier alpha value is -2.94. The number of benzene rings is 2. The van der Waals surface area contributed by atoms with Crippen LogP contribution in [0.3, 0.4) is 0 Å². The van der Waals surface area contributed by atoms with Crippen molar-refractivity contribution >= 4 is 57.6 Å². The van der Waals surface area contributed by atoms with Crippen LogP contribution in [0, 0.1) is 11.7 Å². The Kier molecular flexibility index (Phi) is 8.84. The number of aliphatic carboxylic acids is 1. The number of nitrogens with zero attached hydrogens (tertiary/aromatic N) is 1. The molecule has 0 atom stereocenters. The molecule has 4 rings (SSSR count). The minimum atomic E-state index is -1.11. The topological polar surface area (TPSA) is 88.5 Å². The maximum Gasteiger partial charge on any atom is 0.331 e. The van der Waals surface area contributed by atoms with Crippen LogP contribution in [0.1, 0.15) is 54.9 Å². The van der Waals surface area contributed by atoms with Gasteiger partial charge in [0.05, 0.1) is 22.3 Å². The Balaban J connectivity index is 1.47. The van der Waals surface area contributed by atoms with Gasteiger partial charge in [-0.25, -0.2) is 14.2 Å². The average Bonchev–Trinajstić information content (AvgIpc) is 3.34. The lowest BCUT2D eigenvalue weighted by Gasteiger charge is -2.22. The van der Waals surface area contributed by atoms with E-state index in [-0.39, 0.29) is 37.6 Å². The molecule has 0 radical (unpaired) electrons. The van der Waals surface area contributed by atoms with Crippen LogP contribution < -0.4 is 10.1 Å². The number of halogens is 3. The fraction of sp³-hybridized carbons (Fsp3) is 0.296. The summed E-state index contributed by atoms with van der Waals surface area (Å²) in [6.45, 7) is 1.91. The van der Waals surface area contributed by atoms with Crippen LogP contribution in [-0.4, -0.2) is 28.6 Å². The lowest BCUT2D eigenvalue weighted by molar-refractivity contribution is -0.132. The monoisotopic (exact) mass is 562 g/mol. The number of aromatic nitrogens is 1. The number of ether oxygens (including phenoxy) is 1. The van der Waals surface area contributed by atoms with Gasteiger partial charge in [0.15, 0.2) is 16.7 Å². The lowest BCUT2D eigenvalue weighted by Crippen LogP contribution is -2.15. The summed E-state index contributed by atoms with van der Waals surface area (Å²) in [5.41, 5.74) is 1.18. The number of thiazole rings is 1. The number of carbonyl (C=O) groups is 2. The molecule has 10 heteroatoms. The van der Waals surface area contributed by atoms with Gasteiger partial charge in [0, 0.05) is 27.6 Å². The lowest BCUT2D eigenvalue weighted by atomic mass is 9.90. The zero-order valence-corrected chi connectivity index (χ0v) is 22.4. The van der Waals surface area contributed by atoms with Gasteiger partial charge in [0.25, 0.3) is 5.91 Å². The summed E-state index contributed by atoms with van der Waals surface area (Å²) in [6, 6.07) is 7.74. The highest BCUT2D eigenvalue weighted by Crippen LogP contribution is 2.33. The Bertz CT molecular complexity index is 1330. The van der Waals surface area contributed by atoms with Crippen LogP contribution in [-0.2, 0) is 4.79 Å². The molecule has 1 aliphatic carbocycles. The van der Waals surface area contributed by atoms with Crippen LogP contribution in [0.25, 0.3) is 17.3 Å². The van der Waals surface area contributed by atoms with Gasteiger partial charge in [-0.3, -0.25) is 10.1 Å². The average molecular weight is 563 g/mol. The minimum absolute atomic E-state index is 0.0482. The first-order valence-electron chi connectivity index (χ1n) is 11.8. The van der Waals surface area contributed by atoms with E-state index < -0.39 is 17.7 Å². The summed E-state index contributed by atoms with van der Waals surface area (Å²) in [4.78, 5) is 28.3. The molecule has 1 saturated carbocycles. The number of amides is 1. The molecule has 1 fully saturated rings. The highest BCUT2D eigenvalue weighted by molar-refractivity contribution is 7.14. The standard InChI is InChI=1S/C27H25Cl2FN2O4S/c1-15(26(34)35)10-19-20(28)11-17(12-21(19)29)25(33)32-27-31-22(14-37-27)18-8-5-9-23(24(18)30)36-13-16-6-3-2-4-7-16/h5,8-12,14,16H,2-4,6-7,13H2,1H3,(H,34,35)(H,31,32,33)/b15-10+. The van der Waals surface area contributed by atoms with E-state index in [4.69, 9.17) is 33.0 Å². The molecule has 1 amide bonds. The molecule has 1 heterocycles. The molecule has 3 aromatic rings. The maximum atomic E-state index is 15.2. The van der Waals surface area contributed by atoms with Gasteiger partial charge in [-0.15, -0.1) is 11.3 Å². The highest BCUT2D eigenvalue weighted by Gasteiger charge is 2.19. The van der Waals surface area contributed by atoms with Crippen LogP contribution in [0.2, 0.25) is 10.0 Å². The van der Waals surface area contributed by atoms with Gasteiger partial charge in [-0.05, 0) is 56.0 Å². The summed E-state index contributed by atoms with van der Waals surface area (Å²) < 4.78 is 21.0. The predicted molar refractivity (Wildman–Crippen MR) is 145 cm³/mol. The van der Waals surface area contributed by atoms with Crippen molar-refractivity contribution in [2.75, 3.05) is 11.9 Å². The molecule has 2 aromatic carbocycles. The van der Waals surface area contributed by atoms with Gasteiger partial charge in [-0.2, -0.15) is 0 Å². The quantitative estimate of drug-likeness (QED) is 0.272. The second-order valence-electron chi connectivity index (χ2n) is 8.91. The zero-order chi connectivity index (χ0) is 26.5. The predicted octanol–water partition coefficient (Wildman–Crippen LogP) is 7.96. The molecule has 0 saturated heterocycles. The number of carboxylic acids is 1. The van der Waals surface area contributed by atoms with Crippen LogP contribution in [0.5, 0.6) is 5.75 Å². The van der Waals surface area contributed by atoms with E-state index in [1.807, 2.05) is 0 Å². The van der Waals surface area contributed by atoms with E-state index in [0.717, 1.165) is 24.2 Å². The Labute approximate surface area is 228 Å². The molecule has 1 aromatic heterocycles. The summed E-state index contributed by atoms with van der Waals surface area (Å²) in [5.74, 6) is -1.46. The molecular weight excluding hydrogens is 538 g/mol. The number of hydrogen-bond acceptors (Lipinski definition) is 5. The molecule has 1 aliphatic rings. The van der Waals surface area contributed by atoms with E-state index >= 15 is 4.39 Å². The van der Waals surface area contributed by atoms with E-state index in [1.165, 1.54) is 44.4 Å². The van der Waals surface area contributed by atoms with Crippen LogP contribution >= 0.6 is 34.5 Å². The third-order valence-electron chi connectivity index (χ3n) is 6.20. The molecule has 194 valence electrons. The van der Waals surface area contributed by atoms with Crippen molar-refractivity contribution in [2.24, 2.45) is 5.92 Å². The van der Waals surface area contributed by atoms with E-state index in [2.05, 4.69) is 10.3 Å². The van der Waals surface area contributed by atoms with Crippen LogP contribution in [0.15, 0.2) is 41.3 Å².